The summed E-state index contributed by atoms with van der Waals surface area (Å²) in [6.07, 6.45) is 0. The minimum absolute atomic E-state index is 0.257. The summed E-state index contributed by atoms with van der Waals surface area (Å²) < 4.78 is 22.1. The van der Waals surface area contributed by atoms with Gasteiger partial charge in [0, 0.05) is 17.5 Å². The number of thiophene rings is 1. The highest BCUT2D eigenvalue weighted by Gasteiger charge is 2.19. The second-order valence-electron chi connectivity index (χ2n) is 7.61. The summed E-state index contributed by atoms with van der Waals surface area (Å²) in [5, 5.41) is 7.31. The van der Waals surface area contributed by atoms with Gasteiger partial charge in [-0.2, -0.15) is 0 Å². The summed E-state index contributed by atoms with van der Waals surface area (Å²) >= 11 is 2.92. The van der Waals surface area contributed by atoms with E-state index in [0.717, 1.165) is 38.4 Å². The lowest BCUT2D eigenvalue weighted by Crippen LogP contribution is -2.17. The van der Waals surface area contributed by atoms with Crippen molar-refractivity contribution in [3.05, 3.63) is 88.0 Å². The van der Waals surface area contributed by atoms with E-state index in [4.69, 9.17) is 4.74 Å². The van der Waals surface area contributed by atoms with E-state index in [1.165, 1.54) is 23.5 Å². The molecule has 5 nitrogen and oxygen atoms in total. The number of nitrogens with one attached hydrogen (secondary N) is 1. The van der Waals surface area contributed by atoms with Crippen LogP contribution >= 0.6 is 22.7 Å². The standard InChI is InChI=1S/C25H20FN3O2S2/c1-15-6-7-22(31-2)18(10-15)19-14-33-25(27-19)28-24(30)21-12-23-20(8-9-32-23)29(21)13-16-4-3-5-17(26)11-16/h3-12,14H,13H2,1-2H3,(H,27,28,30). The predicted octanol–water partition coefficient (Wildman–Crippen LogP) is 6.58. The Morgan fingerprint density at radius 1 is 1.15 bits per heavy atom. The molecule has 0 spiro atoms. The van der Waals surface area contributed by atoms with Gasteiger partial charge in [-0.05, 0) is 54.3 Å². The molecule has 166 valence electrons. The van der Waals surface area contributed by atoms with Crippen LogP contribution in [0.25, 0.3) is 21.5 Å². The fourth-order valence-electron chi connectivity index (χ4n) is 3.79. The summed E-state index contributed by atoms with van der Waals surface area (Å²) in [4.78, 5) is 17.8. The molecule has 0 fully saturated rings. The van der Waals surface area contributed by atoms with Crippen LogP contribution in [0.1, 0.15) is 21.6 Å². The van der Waals surface area contributed by atoms with Gasteiger partial charge in [-0.15, -0.1) is 22.7 Å². The van der Waals surface area contributed by atoms with E-state index in [1.54, 1.807) is 24.5 Å². The minimum atomic E-state index is -0.297. The number of benzene rings is 2. The van der Waals surface area contributed by atoms with Gasteiger partial charge in [0.2, 0.25) is 0 Å². The fraction of sp³-hybridized carbons (Fsp3) is 0.120. The van der Waals surface area contributed by atoms with Crippen LogP contribution in [0.5, 0.6) is 5.75 Å². The fourth-order valence-corrected chi connectivity index (χ4v) is 5.32. The van der Waals surface area contributed by atoms with E-state index in [1.807, 2.05) is 58.6 Å². The first-order valence-electron chi connectivity index (χ1n) is 10.2. The molecule has 0 atom stereocenters. The second kappa shape index (κ2) is 8.80. The lowest BCUT2D eigenvalue weighted by atomic mass is 10.1. The molecule has 0 saturated carbocycles. The molecule has 0 unspecified atom stereocenters. The van der Waals surface area contributed by atoms with Crippen molar-refractivity contribution in [2.75, 3.05) is 12.4 Å². The summed E-state index contributed by atoms with van der Waals surface area (Å²) in [6, 6.07) is 16.2. The Hall–Kier alpha value is -3.49. The van der Waals surface area contributed by atoms with Gasteiger partial charge in [0.25, 0.3) is 5.91 Å². The average Bonchev–Trinajstić information content (AvgIpc) is 3.51. The molecule has 5 rings (SSSR count). The lowest BCUT2D eigenvalue weighted by Gasteiger charge is -2.10. The number of rotatable bonds is 6. The number of nitrogens with zero attached hydrogens (tertiary/aromatic N) is 2. The van der Waals surface area contributed by atoms with E-state index in [9.17, 15) is 9.18 Å². The van der Waals surface area contributed by atoms with Gasteiger partial charge >= 0.3 is 0 Å². The van der Waals surface area contributed by atoms with Crippen LogP contribution in [0.3, 0.4) is 0 Å². The number of hydrogen-bond donors (Lipinski definition) is 1. The van der Waals surface area contributed by atoms with Crippen LogP contribution in [-0.2, 0) is 6.54 Å². The third-order valence-electron chi connectivity index (χ3n) is 5.34. The SMILES string of the molecule is COc1ccc(C)cc1-c1csc(NC(=O)c2cc3sccc3n2Cc2cccc(F)c2)n1. The maximum Gasteiger partial charge on any atom is 0.274 e. The van der Waals surface area contributed by atoms with Crippen molar-refractivity contribution in [2.24, 2.45) is 0 Å². The molecule has 3 heterocycles. The zero-order valence-corrected chi connectivity index (χ0v) is 19.6. The zero-order valence-electron chi connectivity index (χ0n) is 18.0. The third kappa shape index (κ3) is 4.27. The number of carbonyl (C=O) groups is 1. The predicted molar refractivity (Wildman–Crippen MR) is 132 cm³/mol. The number of hydrogen-bond acceptors (Lipinski definition) is 5. The highest BCUT2D eigenvalue weighted by atomic mass is 32.1. The van der Waals surface area contributed by atoms with E-state index in [2.05, 4.69) is 10.3 Å². The number of methoxy groups -OCH3 is 1. The van der Waals surface area contributed by atoms with Crippen molar-refractivity contribution >= 4 is 43.9 Å². The molecule has 1 N–H and O–H groups in total. The number of carbonyl (C=O) groups excluding carboxylic acids is 1. The van der Waals surface area contributed by atoms with Crippen molar-refractivity contribution < 1.29 is 13.9 Å². The number of thiazole rings is 1. The number of aryl methyl sites for hydroxylation is 1. The topological polar surface area (TPSA) is 56.1 Å². The van der Waals surface area contributed by atoms with Crippen molar-refractivity contribution in [3.63, 3.8) is 0 Å². The minimum Gasteiger partial charge on any atom is -0.496 e. The van der Waals surface area contributed by atoms with E-state index >= 15 is 0 Å². The van der Waals surface area contributed by atoms with Crippen molar-refractivity contribution in [3.8, 4) is 17.0 Å². The number of halogens is 1. The van der Waals surface area contributed by atoms with Crippen LogP contribution < -0.4 is 10.1 Å². The Morgan fingerprint density at radius 2 is 2.03 bits per heavy atom. The molecule has 3 aromatic heterocycles. The van der Waals surface area contributed by atoms with Crippen LogP contribution in [0, 0.1) is 12.7 Å². The van der Waals surface area contributed by atoms with Gasteiger partial charge in [0.15, 0.2) is 5.13 Å². The zero-order chi connectivity index (χ0) is 22.9. The molecular formula is C25H20FN3O2S2. The van der Waals surface area contributed by atoms with Crippen molar-refractivity contribution in [1.82, 2.24) is 9.55 Å². The van der Waals surface area contributed by atoms with E-state index in [0.29, 0.717) is 17.4 Å². The Bertz CT molecular complexity index is 1470. The van der Waals surface area contributed by atoms with Gasteiger partial charge in [-0.3, -0.25) is 10.1 Å². The first kappa shape index (κ1) is 21.4. The second-order valence-corrected chi connectivity index (χ2v) is 9.42. The van der Waals surface area contributed by atoms with Gasteiger partial charge < -0.3 is 9.30 Å². The largest absolute Gasteiger partial charge is 0.496 e. The molecular weight excluding hydrogens is 457 g/mol. The molecule has 0 aliphatic rings. The quantitative estimate of drug-likeness (QED) is 0.300. The number of amides is 1. The molecule has 0 bridgehead atoms. The molecule has 2 aromatic carbocycles. The Labute approximate surface area is 198 Å². The first-order chi connectivity index (χ1) is 16.0. The molecule has 1 amide bonds. The molecule has 8 heteroatoms. The third-order valence-corrected chi connectivity index (χ3v) is 6.95. The maximum absolute atomic E-state index is 13.7. The first-order valence-corrected chi connectivity index (χ1v) is 12.0. The number of aromatic nitrogens is 2. The Morgan fingerprint density at radius 3 is 2.85 bits per heavy atom. The summed E-state index contributed by atoms with van der Waals surface area (Å²) in [7, 11) is 1.63. The normalized spacial score (nSPS) is 11.1. The van der Waals surface area contributed by atoms with Crippen LogP contribution in [-0.4, -0.2) is 22.6 Å². The van der Waals surface area contributed by atoms with Crippen LogP contribution in [0.4, 0.5) is 9.52 Å². The van der Waals surface area contributed by atoms with Gasteiger partial charge in [-0.25, -0.2) is 9.37 Å². The molecule has 0 radical (unpaired) electrons. The van der Waals surface area contributed by atoms with Gasteiger partial charge in [-0.1, -0.05) is 23.8 Å². The lowest BCUT2D eigenvalue weighted by molar-refractivity contribution is 0.101. The monoisotopic (exact) mass is 477 g/mol. The molecule has 5 aromatic rings. The highest BCUT2D eigenvalue weighted by Crippen LogP contribution is 2.33. The average molecular weight is 478 g/mol. The Kier molecular flexibility index (Phi) is 5.70. The van der Waals surface area contributed by atoms with Crippen LogP contribution in [0.15, 0.2) is 65.4 Å². The van der Waals surface area contributed by atoms with E-state index in [-0.39, 0.29) is 11.7 Å². The number of fused-ring (bicyclic) bond motifs is 1. The number of ether oxygens (including phenoxy) is 1. The Balaban J connectivity index is 1.44. The van der Waals surface area contributed by atoms with Crippen molar-refractivity contribution in [1.29, 1.82) is 0 Å². The summed E-state index contributed by atoms with van der Waals surface area (Å²) in [5.41, 5.74) is 4.96. The summed E-state index contributed by atoms with van der Waals surface area (Å²) in [6.45, 7) is 2.40. The highest BCUT2D eigenvalue weighted by molar-refractivity contribution is 7.17. The van der Waals surface area contributed by atoms with Gasteiger partial charge in [0.1, 0.15) is 17.3 Å². The summed E-state index contributed by atoms with van der Waals surface area (Å²) in [5.74, 6) is 0.175. The van der Waals surface area contributed by atoms with Crippen LogP contribution in [0.2, 0.25) is 0 Å². The number of anilines is 1. The van der Waals surface area contributed by atoms with Gasteiger partial charge in [0.05, 0.1) is 23.0 Å². The molecule has 0 saturated heterocycles. The van der Waals surface area contributed by atoms with E-state index < -0.39 is 0 Å². The molecule has 0 aliphatic carbocycles. The van der Waals surface area contributed by atoms with Crippen molar-refractivity contribution in [2.45, 2.75) is 13.5 Å². The molecule has 0 aliphatic heterocycles. The smallest absolute Gasteiger partial charge is 0.274 e. The maximum atomic E-state index is 13.7. The molecule has 33 heavy (non-hydrogen) atoms.